The quantitative estimate of drug-likeness (QED) is 0.362. The van der Waals surface area contributed by atoms with Crippen LogP contribution < -0.4 is 5.32 Å². The highest BCUT2D eigenvalue weighted by Crippen LogP contribution is 2.39. The summed E-state index contributed by atoms with van der Waals surface area (Å²) in [7, 11) is 0. The number of carbonyl (C=O) groups excluding carboxylic acids is 1. The van der Waals surface area contributed by atoms with Crippen molar-refractivity contribution in [1.82, 2.24) is 20.1 Å². The molecule has 0 saturated heterocycles. The number of benzene rings is 1. The molecule has 3 heterocycles. The average molecular weight is 514 g/mol. The van der Waals surface area contributed by atoms with E-state index in [0.29, 0.717) is 17.4 Å². The van der Waals surface area contributed by atoms with E-state index >= 15 is 0 Å². The van der Waals surface area contributed by atoms with Crippen LogP contribution in [0.2, 0.25) is 5.02 Å². The van der Waals surface area contributed by atoms with Gasteiger partial charge >= 0.3 is 0 Å². The molecule has 0 bridgehead atoms. The van der Waals surface area contributed by atoms with Crippen LogP contribution in [0.3, 0.4) is 0 Å². The van der Waals surface area contributed by atoms with Gasteiger partial charge in [0.1, 0.15) is 16.9 Å². The van der Waals surface area contributed by atoms with Gasteiger partial charge in [-0.2, -0.15) is 0 Å². The SMILES string of the molecule is Cc1sc2c(c1C)C(c1ccc(Cl)cc1)=N[C@@H](CC(=O)NCCCCCCCO)c1nnc(C)n1-2. The van der Waals surface area contributed by atoms with Crippen molar-refractivity contribution in [3.8, 4) is 5.00 Å². The third-order valence-corrected chi connectivity index (χ3v) is 7.84. The van der Waals surface area contributed by atoms with Gasteiger partial charge in [0, 0.05) is 34.2 Å². The highest BCUT2D eigenvalue weighted by Gasteiger charge is 2.32. The van der Waals surface area contributed by atoms with E-state index in [2.05, 4.69) is 33.9 Å². The fraction of sp³-hybridized carbons (Fsp3) is 0.462. The molecule has 1 amide bonds. The van der Waals surface area contributed by atoms with Crippen LogP contribution in [-0.2, 0) is 4.79 Å². The van der Waals surface area contributed by atoms with Crippen molar-refractivity contribution in [3.05, 3.63) is 62.5 Å². The molecule has 0 unspecified atom stereocenters. The van der Waals surface area contributed by atoms with E-state index in [1.807, 2.05) is 31.2 Å². The fourth-order valence-corrected chi connectivity index (χ4v) is 5.72. The molecule has 2 N–H and O–H groups in total. The second kappa shape index (κ2) is 11.5. The van der Waals surface area contributed by atoms with E-state index in [1.165, 1.54) is 10.4 Å². The van der Waals surface area contributed by atoms with Gasteiger partial charge in [-0.25, -0.2) is 0 Å². The van der Waals surface area contributed by atoms with Crippen molar-refractivity contribution in [1.29, 1.82) is 0 Å². The third kappa shape index (κ3) is 5.66. The Labute approximate surface area is 215 Å². The number of hydrogen-bond donors (Lipinski definition) is 2. The first-order valence-electron chi connectivity index (χ1n) is 12.1. The van der Waals surface area contributed by atoms with Crippen LogP contribution in [0.15, 0.2) is 29.3 Å². The van der Waals surface area contributed by atoms with Crippen molar-refractivity contribution in [3.63, 3.8) is 0 Å². The molecule has 1 atom stereocenters. The van der Waals surface area contributed by atoms with Crippen LogP contribution in [0.5, 0.6) is 0 Å². The van der Waals surface area contributed by atoms with E-state index in [4.69, 9.17) is 21.7 Å². The summed E-state index contributed by atoms with van der Waals surface area (Å²) in [5.41, 5.74) is 4.04. The molecule has 9 heteroatoms. The van der Waals surface area contributed by atoms with Crippen LogP contribution in [-0.4, -0.2) is 44.6 Å². The molecule has 7 nitrogen and oxygen atoms in total. The number of amides is 1. The van der Waals surface area contributed by atoms with Crippen LogP contribution in [0.4, 0.5) is 0 Å². The molecule has 4 rings (SSSR count). The third-order valence-electron chi connectivity index (χ3n) is 6.39. The first-order valence-corrected chi connectivity index (χ1v) is 13.3. The lowest BCUT2D eigenvalue weighted by molar-refractivity contribution is -0.121. The van der Waals surface area contributed by atoms with Crippen LogP contribution in [0, 0.1) is 20.8 Å². The molecule has 1 aliphatic rings. The number of hydrogen-bond acceptors (Lipinski definition) is 6. The minimum Gasteiger partial charge on any atom is -0.396 e. The summed E-state index contributed by atoms with van der Waals surface area (Å²) in [6.45, 7) is 7.04. The zero-order valence-corrected chi connectivity index (χ0v) is 22.0. The van der Waals surface area contributed by atoms with Crippen molar-refractivity contribution >= 4 is 34.6 Å². The molecule has 0 aliphatic carbocycles. The van der Waals surface area contributed by atoms with E-state index in [0.717, 1.165) is 59.8 Å². The molecule has 186 valence electrons. The van der Waals surface area contributed by atoms with E-state index in [9.17, 15) is 4.79 Å². The van der Waals surface area contributed by atoms with Crippen LogP contribution in [0.1, 0.15) is 77.8 Å². The lowest BCUT2D eigenvalue weighted by atomic mass is 9.99. The molecule has 1 aliphatic heterocycles. The normalized spacial score (nSPS) is 14.8. The number of aliphatic imine (C=N–C) groups is 1. The van der Waals surface area contributed by atoms with Gasteiger partial charge in [0.2, 0.25) is 5.91 Å². The summed E-state index contributed by atoms with van der Waals surface area (Å²) in [5, 5.41) is 22.4. The van der Waals surface area contributed by atoms with Gasteiger partial charge in [-0.15, -0.1) is 21.5 Å². The maximum absolute atomic E-state index is 12.9. The number of aryl methyl sites for hydroxylation is 2. The maximum atomic E-state index is 12.9. The zero-order valence-electron chi connectivity index (χ0n) is 20.5. The summed E-state index contributed by atoms with van der Waals surface area (Å²) in [5.74, 6) is 1.42. The number of rotatable bonds is 10. The summed E-state index contributed by atoms with van der Waals surface area (Å²) < 4.78 is 2.06. The minimum atomic E-state index is -0.453. The topological polar surface area (TPSA) is 92.4 Å². The number of carbonyl (C=O) groups is 1. The number of thiophene rings is 1. The number of nitrogens with one attached hydrogen (secondary N) is 1. The van der Waals surface area contributed by atoms with Gasteiger partial charge in [0.15, 0.2) is 5.82 Å². The first-order chi connectivity index (χ1) is 16.9. The predicted octanol–water partition coefficient (Wildman–Crippen LogP) is 5.25. The molecule has 35 heavy (non-hydrogen) atoms. The van der Waals surface area contributed by atoms with Gasteiger partial charge in [0.25, 0.3) is 0 Å². The zero-order chi connectivity index (χ0) is 24.9. The summed E-state index contributed by atoms with van der Waals surface area (Å²) >= 11 is 7.86. The summed E-state index contributed by atoms with van der Waals surface area (Å²) in [6.07, 6.45) is 5.09. The monoisotopic (exact) mass is 513 g/mol. The number of unbranched alkanes of at least 4 members (excludes halogenated alkanes) is 4. The number of halogens is 1. The second-order valence-electron chi connectivity index (χ2n) is 8.95. The summed E-state index contributed by atoms with van der Waals surface area (Å²) in [4.78, 5) is 19.3. The standard InChI is InChI=1S/C26H32ClN5O2S/c1-16-17(2)35-26-23(16)24(19-9-11-20(27)12-10-19)29-21(25-31-30-18(3)32(25)26)15-22(34)28-13-7-5-4-6-8-14-33/h9-12,21,33H,4-8,13-15H2,1-3H3,(H,28,34)/t21-/m0/s1. The second-order valence-corrected chi connectivity index (χ2v) is 10.6. The van der Waals surface area contributed by atoms with Crippen molar-refractivity contribution in [2.24, 2.45) is 4.99 Å². The Bertz CT molecular complexity index is 1220. The Morgan fingerprint density at radius 2 is 1.80 bits per heavy atom. The molecular formula is C26H32ClN5O2S. The van der Waals surface area contributed by atoms with Gasteiger partial charge in [-0.1, -0.05) is 43.0 Å². The Morgan fingerprint density at radius 1 is 1.09 bits per heavy atom. The van der Waals surface area contributed by atoms with Gasteiger partial charge in [-0.05, 0) is 51.3 Å². The van der Waals surface area contributed by atoms with E-state index < -0.39 is 6.04 Å². The Balaban J connectivity index is 1.62. The molecule has 0 spiro atoms. The average Bonchev–Trinajstić information content (AvgIpc) is 3.31. The largest absolute Gasteiger partial charge is 0.396 e. The lowest BCUT2D eigenvalue weighted by Gasteiger charge is -2.13. The maximum Gasteiger partial charge on any atom is 0.222 e. The molecule has 0 radical (unpaired) electrons. The number of aliphatic hydroxyl groups excluding tert-OH is 1. The van der Waals surface area contributed by atoms with Crippen LogP contribution >= 0.6 is 22.9 Å². The lowest BCUT2D eigenvalue weighted by Crippen LogP contribution is -2.26. The molecule has 0 saturated carbocycles. The van der Waals surface area contributed by atoms with Crippen LogP contribution in [0.25, 0.3) is 5.00 Å². The summed E-state index contributed by atoms with van der Waals surface area (Å²) in [6, 6.07) is 7.23. The van der Waals surface area contributed by atoms with Crippen molar-refractivity contribution < 1.29 is 9.90 Å². The molecule has 2 aromatic heterocycles. The number of nitrogens with zero attached hydrogens (tertiary/aromatic N) is 4. The number of fused-ring (bicyclic) bond motifs is 3. The molecule has 3 aromatic rings. The smallest absolute Gasteiger partial charge is 0.222 e. The van der Waals surface area contributed by atoms with Gasteiger partial charge in [0.05, 0.1) is 12.1 Å². The van der Waals surface area contributed by atoms with Gasteiger partial charge < -0.3 is 10.4 Å². The highest BCUT2D eigenvalue weighted by atomic mass is 35.5. The van der Waals surface area contributed by atoms with Gasteiger partial charge in [-0.3, -0.25) is 14.4 Å². The Hall–Kier alpha value is -2.55. The Morgan fingerprint density at radius 3 is 2.54 bits per heavy atom. The van der Waals surface area contributed by atoms with E-state index in [-0.39, 0.29) is 18.9 Å². The van der Waals surface area contributed by atoms with Crippen molar-refractivity contribution in [2.45, 2.75) is 65.3 Å². The number of aliphatic hydroxyl groups is 1. The first kappa shape index (κ1) is 25.5. The van der Waals surface area contributed by atoms with E-state index in [1.54, 1.807) is 11.3 Å². The minimum absolute atomic E-state index is 0.0464. The van der Waals surface area contributed by atoms with Crippen molar-refractivity contribution in [2.75, 3.05) is 13.2 Å². The number of aromatic nitrogens is 3. The molecule has 0 fully saturated rings. The fourth-order valence-electron chi connectivity index (χ4n) is 4.38. The highest BCUT2D eigenvalue weighted by molar-refractivity contribution is 7.15. The molecular weight excluding hydrogens is 482 g/mol. The molecule has 1 aromatic carbocycles. The Kier molecular flexibility index (Phi) is 8.36. The predicted molar refractivity (Wildman–Crippen MR) is 141 cm³/mol.